The average Bonchev–Trinajstić information content (AvgIpc) is 2.77. The van der Waals surface area contributed by atoms with Crippen molar-refractivity contribution in [2.24, 2.45) is 0 Å². The number of rotatable bonds is 6. The van der Waals surface area contributed by atoms with Crippen LogP contribution in [-0.4, -0.2) is 42.9 Å². The minimum atomic E-state index is -1.01. The van der Waals surface area contributed by atoms with Gasteiger partial charge in [0.1, 0.15) is 11.6 Å². The zero-order chi connectivity index (χ0) is 13.7. The summed E-state index contributed by atoms with van der Waals surface area (Å²) < 4.78 is 6.48. The standard InChI is InChI=1S/C10H11N5O3S/c1-2-18-7-4-3-5-8(11-7)19-10-12-13-14-15(10)6-9(16)17/h3-5H,2,6H2,1H3,(H,16,17). The van der Waals surface area contributed by atoms with Crippen LogP contribution in [-0.2, 0) is 11.3 Å². The first-order valence-corrected chi connectivity index (χ1v) is 6.26. The normalized spacial score (nSPS) is 10.4. The Morgan fingerprint density at radius 1 is 1.53 bits per heavy atom. The van der Waals surface area contributed by atoms with Crippen LogP contribution in [0.1, 0.15) is 6.92 Å². The summed E-state index contributed by atoms with van der Waals surface area (Å²) in [6.45, 7) is 2.10. The third-order valence-corrected chi connectivity index (χ3v) is 2.88. The number of carbonyl (C=O) groups is 1. The highest BCUT2D eigenvalue weighted by atomic mass is 32.2. The zero-order valence-corrected chi connectivity index (χ0v) is 10.9. The van der Waals surface area contributed by atoms with Crippen LogP contribution in [0.15, 0.2) is 28.4 Å². The number of aliphatic carboxylic acids is 1. The molecule has 8 nitrogen and oxygen atoms in total. The summed E-state index contributed by atoms with van der Waals surface area (Å²) in [6, 6.07) is 5.31. The second-order valence-electron chi connectivity index (χ2n) is 3.36. The van der Waals surface area contributed by atoms with Crippen LogP contribution in [0.25, 0.3) is 0 Å². The van der Waals surface area contributed by atoms with E-state index in [1.807, 2.05) is 6.92 Å². The summed E-state index contributed by atoms with van der Waals surface area (Å²) in [4.78, 5) is 14.9. The second-order valence-corrected chi connectivity index (χ2v) is 4.35. The maximum atomic E-state index is 10.6. The van der Waals surface area contributed by atoms with Crippen molar-refractivity contribution in [1.29, 1.82) is 0 Å². The van der Waals surface area contributed by atoms with Crippen LogP contribution in [0.4, 0.5) is 0 Å². The Bertz CT molecular complexity index is 574. The summed E-state index contributed by atoms with van der Waals surface area (Å²) in [5.41, 5.74) is 0. The van der Waals surface area contributed by atoms with Gasteiger partial charge in [-0.15, -0.1) is 5.10 Å². The van der Waals surface area contributed by atoms with Gasteiger partial charge in [0.15, 0.2) is 0 Å². The van der Waals surface area contributed by atoms with Gasteiger partial charge < -0.3 is 9.84 Å². The molecular formula is C10H11N5O3S. The molecule has 100 valence electrons. The van der Waals surface area contributed by atoms with Crippen molar-refractivity contribution in [2.75, 3.05) is 6.61 Å². The molecular weight excluding hydrogens is 270 g/mol. The number of nitrogens with zero attached hydrogens (tertiary/aromatic N) is 5. The van der Waals surface area contributed by atoms with Gasteiger partial charge in [-0.2, -0.15) is 0 Å². The Morgan fingerprint density at radius 3 is 3.11 bits per heavy atom. The number of pyridine rings is 1. The fourth-order valence-electron chi connectivity index (χ4n) is 1.27. The summed E-state index contributed by atoms with van der Waals surface area (Å²) in [6.07, 6.45) is 0. The molecule has 0 amide bonds. The first kappa shape index (κ1) is 13.3. The Morgan fingerprint density at radius 2 is 2.37 bits per heavy atom. The van der Waals surface area contributed by atoms with Crippen molar-refractivity contribution in [1.82, 2.24) is 25.2 Å². The van der Waals surface area contributed by atoms with Crippen molar-refractivity contribution in [2.45, 2.75) is 23.7 Å². The smallest absolute Gasteiger partial charge is 0.325 e. The monoisotopic (exact) mass is 281 g/mol. The molecule has 9 heteroatoms. The molecule has 0 saturated heterocycles. The van der Waals surface area contributed by atoms with E-state index in [4.69, 9.17) is 9.84 Å². The van der Waals surface area contributed by atoms with Crippen LogP contribution >= 0.6 is 11.8 Å². The highest BCUT2D eigenvalue weighted by molar-refractivity contribution is 7.99. The van der Waals surface area contributed by atoms with Gasteiger partial charge in [0.2, 0.25) is 11.0 Å². The molecule has 0 aliphatic carbocycles. The summed E-state index contributed by atoms with van der Waals surface area (Å²) in [5, 5.41) is 20.5. The minimum absolute atomic E-state index is 0.291. The molecule has 0 aliphatic heterocycles. The van der Waals surface area contributed by atoms with E-state index in [2.05, 4.69) is 20.5 Å². The van der Waals surface area contributed by atoms with Crippen LogP contribution in [0.2, 0.25) is 0 Å². The number of carboxylic acids is 1. The number of hydrogen-bond acceptors (Lipinski definition) is 7. The van der Waals surface area contributed by atoms with Gasteiger partial charge in [-0.1, -0.05) is 6.07 Å². The predicted octanol–water partition coefficient (Wildman–Crippen LogP) is 0.703. The minimum Gasteiger partial charge on any atom is -0.480 e. The van der Waals surface area contributed by atoms with E-state index < -0.39 is 5.97 Å². The van der Waals surface area contributed by atoms with Crippen LogP contribution in [0, 0.1) is 0 Å². The molecule has 1 N–H and O–H groups in total. The van der Waals surface area contributed by atoms with Gasteiger partial charge in [-0.05, 0) is 35.2 Å². The van der Waals surface area contributed by atoms with Gasteiger partial charge >= 0.3 is 5.97 Å². The highest BCUT2D eigenvalue weighted by Crippen LogP contribution is 2.24. The van der Waals surface area contributed by atoms with E-state index in [1.165, 1.54) is 16.4 Å². The molecule has 2 aromatic heterocycles. The molecule has 0 atom stereocenters. The Labute approximate surface area is 112 Å². The lowest BCUT2D eigenvalue weighted by atomic mass is 10.5. The van der Waals surface area contributed by atoms with Crippen LogP contribution in [0.3, 0.4) is 0 Å². The Balaban J connectivity index is 2.14. The largest absolute Gasteiger partial charge is 0.480 e. The molecule has 0 radical (unpaired) electrons. The Hall–Kier alpha value is -2.16. The number of tetrazole rings is 1. The molecule has 2 heterocycles. The average molecular weight is 281 g/mol. The molecule has 0 aliphatic rings. The summed E-state index contributed by atoms with van der Waals surface area (Å²) in [5.74, 6) is -0.505. The lowest BCUT2D eigenvalue weighted by Gasteiger charge is -2.04. The number of carboxylic acid groups (broad SMARTS) is 1. The van der Waals surface area contributed by atoms with Gasteiger partial charge in [-0.25, -0.2) is 9.67 Å². The molecule has 0 unspecified atom stereocenters. The van der Waals surface area contributed by atoms with Crippen LogP contribution < -0.4 is 4.74 Å². The SMILES string of the molecule is CCOc1cccc(Sc2nnnn2CC(=O)O)n1. The van der Waals surface area contributed by atoms with Crippen molar-refractivity contribution < 1.29 is 14.6 Å². The molecule has 0 aromatic carbocycles. The van der Waals surface area contributed by atoms with E-state index in [0.29, 0.717) is 22.7 Å². The van der Waals surface area contributed by atoms with Crippen molar-refractivity contribution in [3.05, 3.63) is 18.2 Å². The maximum absolute atomic E-state index is 10.6. The Kier molecular flexibility index (Phi) is 4.29. The van der Waals surface area contributed by atoms with E-state index >= 15 is 0 Å². The molecule has 2 aromatic rings. The van der Waals surface area contributed by atoms with E-state index in [0.717, 1.165) is 0 Å². The third kappa shape index (κ3) is 3.65. The zero-order valence-electron chi connectivity index (χ0n) is 10.1. The lowest BCUT2D eigenvalue weighted by Crippen LogP contribution is -2.11. The van der Waals surface area contributed by atoms with Crippen molar-refractivity contribution >= 4 is 17.7 Å². The fourth-order valence-corrected chi connectivity index (χ4v) is 2.02. The van der Waals surface area contributed by atoms with Gasteiger partial charge in [0, 0.05) is 6.07 Å². The number of aromatic nitrogens is 5. The molecule has 0 saturated carbocycles. The summed E-state index contributed by atoms with van der Waals surface area (Å²) in [7, 11) is 0. The third-order valence-electron chi connectivity index (χ3n) is 1.97. The lowest BCUT2D eigenvalue weighted by molar-refractivity contribution is -0.138. The molecule has 0 bridgehead atoms. The van der Waals surface area contributed by atoms with E-state index in [9.17, 15) is 4.79 Å². The van der Waals surface area contributed by atoms with Gasteiger partial charge in [0.25, 0.3) is 0 Å². The first-order valence-electron chi connectivity index (χ1n) is 5.44. The second kappa shape index (κ2) is 6.14. The topological polar surface area (TPSA) is 103 Å². The van der Waals surface area contributed by atoms with Crippen molar-refractivity contribution in [3.63, 3.8) is 0 Å². The van der Waals surface area contributed by atoms with Gasteiger partial charge in [-0.3, -0.25) is 4.79 Å². The highest BCUT2D eigenvalue weighted by Gasteiger charge is 2.12. The fraction of sp³-hybridized carbons (Fsp3) is 0.300. The summed E-state index contributed by atoms with van der Waals surface area (Å²) >= 11 is 1.18. The quantitative estimate of drug-likeness (QED) is 0.825. The number of hydrogen-bond donors (Lipinski definition) is 1. The van der Waals surface area contributed by atoms with E-state index in [1.54, 1.807) is 18.2 Å². The first-order chi connectivity index (χ1) is 9.19. The molecule has 0 spiro atoms. The van der Waals surface area contributed by atoms with Crippen LogP contribution in [0.5, 0.6) is 5.88 Å². The molecule has 2 rings (SSSR count). The molecule has 0 fully saturated rings. The molecule has 19 heavy (non-hydrogen) atoms. The van der Waals surface area contributed by atoms with Gasteiger partial charge in [0.05, 0.1) is 6.61 Å². The maximum Gasteiger partial charge on any atom is 0.325 e. The predicted molar refractivity (Wildman–Crippen MR) is 65.0 cm³/mol. The van der Waals surface area contributed by atoms with E-state index in [-0.39, 0.29) is 6.54 Å². The van der Waals surface area contributed by atoms with Crippen molar-refractivity contribution in [3.8, 4) is 5.88 Å². The number of ether oxygens (including phenoxy) is 1.